The molecule has 1 aliphatic rings. The molecule has 0 saturated heterocycles. The molecule has 0 aromatic rings. The Labute approximate surface area is 50.8 Å². The van der Waals surface area contributed by atoms with Crippen molar-refractivity contribution in [3.63, 3.8) is 0 Å². The molecule has 0 aromatic carbocycles. The Morgan fingerprint density at radius 1 is 1.50 bits per heavy atom. The van der Waals surface area contributed by atoms with Gasteiger partial charge in [-0.2, -0.15) is 0 Å². The third-order valence-corrected chi connectivity index (χ3v) is 1.52. The van der Waals surface area contributed by atoms with Gasteiger partial charge in [-0.15, -0.1) is 0 Å². The van der Waals surface area contributed by atoms with Crippen LogP contribution in [0.25, 0.3) is 0 Å². The second kappa shape index (κ2) is 2.88. The zero-order chi connectivity index (χ0) is 5.82. The maximum atomic E-state index is 3.36. The van der Waals surface area contributed by atoms with Crippen molar-refractivity contribution in [2.45, 2.75) is 25.8 Å². The van der Waals surface area contributed by atoms with Crippen LogP contribution in [0.1, 0.15) is 19.8 Å². The number of hydrogen-bond donors (Lipinski definition) is 1. The van der Waals surface area contributed by atoms with Crippen LogP contribution in [-0.4, -0.2) is 12.6 Å². The number of rotatable bonds is 0. The second-order valence-corrected chi connectivity index (χ2v) is 2.36. The molecule has 0 saturated carbocycles. The summed E-state index contributed by atoms with van der Waals surface area (Å²) in [6, 6.07) is 0.713. The van der Waals surface area contributed by atoms with Gasteiger partial charge in [-0.05, 0) is 19.8 Å². The molecule has 0 amide bonds. The maximum Gasteiger partial charge on any atom is 0.0137 e. The SMILES string of the molecule is CC1CCC=CCN1. The molecule has 0 bridgehead atoms. The Morgan fingerprint density at radius 2 is 2.38 bits per heavy atom. The average Bonchev–Trinajstić information content (AvgIpc) is 1.94. The standard InChI is InChI=1S/C7H13N/c1-7-5-3-2-4-6-8-7/h2,4,7-8H,3,5-6H2,1H3. The van der Waals surface area contributed by atoms with Gasteiger partial charge < -0.3 is 5.32 Å². The van der Waals surface area contributed by atoms with Gasteiger partial charge in [0.2, 0.25) is 0 Å². The average molecular weight is 111 g/mol. The maximum absolute atomic E-state index is 3.36. The lowest BCUT2D eigenvalue weighted by molar-refractivity contribution is 0.560. The fourth-order valence-corrected chi connectivity index (χ4v) is 0.919. The fraction of sp³-hybridized carbons (Fsp3) is 0.714. The Balaban J connectivity index is 2.28. The predicted molar refractivity (Wildman–Crippen MR) is 35.8 cm³/mol. The van der Waals surface area contributed by atoms with Gasteiger partial charge in [0.05, 0.1) is 0 Å². The molecule has 1 aliphatic heterocycles. The Hall–Kier alpha value is -0.300. The summed E-state index contributed by atoms with van der Waals surface area (Å²) in [5, 5.41) is 3.36. The molecule has 0 spiro atoms. The van der Waals surface area contributed by atoms with E-state index in [-0.39, 0.29) is 0 Å². The molecule has 0 aromatic heterocycles. The minimum Gasteiger partial charge on any atom is -0.311 e. The zero-order valence-electron chi connectivity index (χ0n) is 5.35. The lowest BCUT2D eigenvalue weighted by atomic mass is 10.2. The summed E-state index contributed by atoms with van der Waals surface area (Å²) in [4.78, 5) is 0. The van der Waals surface area contributed by atoms with Gasteiger partial charge in [0.1, 0.15) is 0 Å². The molecule has 46 valence electrons. The van der Waals surface area contributed by atoms with E-state index in [0.717, 1.165) is 6.54 Å². The number of nitrogens with one attached hydrogen (secondary N) is 1. The van der Waals surface area contributed by atoms with E-state index in [2.05, 4.69) is 24.4 Å². The summed E-state index contributed by atoms with van der Waals surface area (Å²) < 4.78 is 0. The largest absolute Gasteiger partial charge is 0.311 e. The molecule has 0 aliphatic carbocycles. The summed E-state index contributed by atoms with van der Waals surface area (Å²) in [6.45, 7) is 3.29. The van der Waals surface area contributed by atoms with E-state index in [1.165, 1.54) is 12.8 Å². The van der Waals surface area contributed by atoms with Crippen LogP contribution >= 0.6 is 0 Å². The van der Waals surface area contributed by atoms with Crippen molar-refractivity contribution in [1.82, 2.24) is 5.32 Å². The molecule has 8 heavy (non-hydrogen) atoms. The van der Waals surface area contributed by atoms with Crippen LogP contribution in [-0.2, 0) is 0 Å². The third kappa shape index (κ3) is 1.66. The highest BCUT2D eigenvalue weighted by molar-refractivity contribution is 4.88. The Kier molecular flexibility index (Phi) is 2.10. The monoisotopic (exact) mass is 111 g/mol. The van der Waals surface area contributed by atoms with Gasteiger partial charge in [-0.1, -0.05) is 12.2 Å². The molecule has 1 heterocycles. The van der Waals surface area contributed by atoms with Crippen molar-refractivity contribution >= 4 is 0 Å². The molecule has 1 atom stereocenters. The molecule has 0 radical (unpaired) electrons. The van der Waals surface area contributed by atoms with Crippen molar-refractivity contribution < 1.29 is 0 Å². The molecular weight excluding hydrogens is 98.1 g/mol. The zero-order valence-corrected chi connectivity index (χ0v) is 5.35. The highest BCUT2D eigenvalue weighted by atomic mass is 14.9. The van der Waals surface area contributed by atoms with Gasteiger partial charge >= 0.3 is 0 Å². The topological polar surface area (TPSA) is 12.0 Å². The van der Waals surface area contributed by atoms with Crippen molar-refractivity contribution in [3.8, 4) is 0 Å². The lowest BCUT2D eigenvalue weighted by Gasteiger charge is -2.06. The normalized spacial score (nSPS) is 29.9. The van der Waals surface area contributed by atoms with Crippen LogP contribution in [0, 0.1) is 0 Å². The number of hydrogen-bond acceptors (Lipinski definition) is 1. The second-order valence-electron chi connectivity index (χ2n) is 2.36. The van der Waals surface area contributed by atoms with Crippen LogP contribution in [0.2, 0.25) is 0 Å². The van der Waals surface area contributed by atoms with Crippen LogP contribution < -0.4 is 5.32 Å². The summed E-state index contributed by atoms with van der Waals surface area (Å²) in [5.41, 5.74) is 0. The van der Waals surface area contributed by atoms with E-state index < -0.39 is 0 Å². The van der Waals surface area contributed by atoms with Crippen LogP contribution in [0.3, 0.4) is 0 Å². The van der Waals surface area contributed by atoms with Crippen molar-refractivity contribution in [2.24, 2.45) is 0 Å². The van der Waals surface area contributed by atoms with Crippen molar-refractivity contribution in [3.05, 3.63) is 12.2 Å². The van der Waals surface area contributed by atoms with Crippen LogP contribution in [0.15, 0.2) is 12.2 Å². The summed E-state index contributed by atoms with van der Waals surface area (Å²) >= 11 is 0. The van der Waals surface area contributed by atoms with E-state index in [0.29, 0.717) is 6.04 Å². The van der Waals surface area contributed by atoms with E-state index in [4.69, 9.17) is 0 Å². The Morgan fingerprint density at radius 3 is 3.25 bits per heavy atom. The minimum absolute atomic E-state index is 0.713. The van der Waals surface area contributed by atoms with Gasteiger partial charge in [0, 0.05) is 12.6 Å². The molecule has 1 rings (SSSR count). The first-order valence-electron chi connectivity index (χ1n) is 3.28. The first-order valence-corrected chi connectivity index (χ1v) is 3.28. The van der Waals surface area contributed by atoms with Crippen molar-refractivity contribution in [1.29, 1.82) is 0 Å². The highest BCUT2D eigenvalue weighted by Crippen LogP contribution is 1.99. The summed E-state index contributed by atoms with van der Waals surface area (Å²) in [5.74, 6) is 0. The van der Waals surface area contributed by atoms with E-state index in [1.54, 1.807) is 0 Å². The van der Waals surface area contributed by atoms with Gasteiger partial charge in [0.25, 0.3) is 0 Å². The molecule has 1 N–H and O–H groups in total. The van der Waals surface area contributed by atoms with Crippen LogP contribution in [0.5, 0.6) is 0 Å². The molecular formula is C7H13N. The van der Waals surface area contributed by atoms with Gasteiger partial charge in [-0.25, -0.2) is 0 Å². The Bertz CT molecular complexity index is 76.4. The smallest absolute Gasteiger partial charge is 0.0137 e. The van der Waals surface area contributed by atoms with Crippen molar-refractivity contribution in [2.75, 3.05) is 6.54 Å². The van der Waals surface area contributed by atoms with E-state index in [9.17, 15) is 0 Å². The lowest BCUT2D eigenvalue weighted by Crippen LogP contribution is -2.24. The minimum atomic E-state index is 0.713. The summed E-state index contributed by atoms with van der Waals surface area (Å²) in [6.07, 6.45) is 6.98. The van der Waals surface area contributed by atoms with Gasteiger partial charge in [-0.3, -0.25) is 0 Å². The first kappa shape index (κ1) is 5.83. The van der Waals surface area contributed by atoms with Crippen LogP contribution in [0.4, 0.5) is 0 Å². The first-order chi connectivity index (χ1) is 3.89. The highest BCUT2D eigenvalue weighted by Gasteiger charge is 1.99. The summed E-state index contributed by atoms with van der Waals surface area (Å²) in [7, 11) is 0. The van der Waals surface area contributed by atoms with E-state index >= 15 is 0 Å². The molecule has 1 unspecified atom stereocenters. The molecule has 0 fully saturated rings. The van der Waals surface area contributed by atoms with E-state index in [1.807, 2.05) is 0 Å². The van der Waals surface area contributed by atoms with Gasteiger partial charge in [0.15, 0.2) is 0 Å². The molecule has 1 heteroatoms. The molecule has 1 nitrogen and oxygen atoms in total. The quantitative estimate of drug-likeness (QED) is 0.465. The third-order valence-electron chi connectivity index (χ3n) is 1.52. The predicted octanol–water partition coefficient (Wildman–Crippen LogP) is 1.31. The fourth-order valence-electron chi connectivity index (χ4n) is 0.919. The number of allylic oxidation sites excluding steroid dienone is 1.